The van der Waals surface area contributed by atoms with Gasteiger partial charge in [0.2, 0.25) is 6.79 Å². The number of esters is 1. The van der Waals surface area contributed by atoms with Crippen LogP contribution in [0.25, 0.3) is 5.57 Å². The van der Waals surface area contributed by atoms with Gasteiger partial charge < -0.3 is 9.47 Å². The molecule has 168 valence electrons. The average molecular weight is 442 g/mol. The van der Waals surface area contributed by atoms with Crippen molar-refractivity contribution in [3.63, 3.8) is 0 Å². The van der Waals surface area contributed by atoms with E-state index in [9.17, 15) is 9.59 Å². The first-order valence-corrected chi connectivity index (χ1v) is 11.0. The van der Waals surface area contributed by atoms with Crippen LogP contribution < -0.4 is 0 Å². The molecule has 1 atom stereocenters. The van der Waals surface area contributed by atoms with Crippen molar-refractivity contribution in [3.8, 4) is 0 Å². The molecule has 1 aliphatic carbocycles. The highest BCUT2D eigenvalue weighted by Crippen LogP contribution is 2.39. The Morgan fingerprint density at radius 2 is 1.70 bits per heavy atom. The number of nitrogens with zero attached hydrogens (tertiary/aromatic N) is 1. The molecule has 0 saturated carbocycles. The van der Waals surface area contributed by atoms with Gasteiger partial charge in [0, 0.05) is 30.7 Å². The maximum Gasteiger partial charge on any atom is 0.340 e. The zero-order valence-electron chi connectivity index (χ0n) is 19.1. The van der Waals surface area contributed by atoms with Gasteiger partial charge in [0.15, 0.2) is 5.78 Å². The van der Waals surface area contributed by atoms with Gasteiger partial charge in [0.25, 0.3) is 0 Å². The standard InChI is InChI=1S/C28H27NO4/c1-18-13-19(2)25(20(3)14-18)26-24(32-17-33-28(31)21-9-5-4-6-10-21)16-22(27(26)30)15-23-11-7-8-12-29-23/h4-14,22H,15-17H2,1-3H3. The summed E-state index contributed by atoms with van der Waals surface area (Å²) in [6.07, 6.45) is 2.71. The summed E-state index contributed by atoms with van der Waals surface area (Å²) in [5.74, 6) is -0.124. The Balaban J connectivity index is 1.59. The predicted octanol–water partition coefficient (Wildman–Crippen LogP) is 5.38. The Morgan fingerprint density at radius 1 is 1.00 bits per heavy atom. The molecule has 1 aromatic heterocycles. The molecule has 33 heavy (non-hydrogen) atoms. The minimum absolute atomic E-state index is 0.0418. The number of ether oxygens (including phenoxy) is 2. The Bertz CT molecular complexity index is 1180. The van der Waals surface area contributed by atoms with Crippen LogP contribution in [0.3, 0.4) is 0 Å². The molecule has 4 rings (SSSR count). The van der Waals surface area contributed by atoms with Gasteiger partial charge in [-0.3, -0.25) is 9.78 Å². The minimum Gasteiger partial charge on any atom is -0.461 e. The fraction of sp³-hybridized carbons (Fsp3) is 0.250. The van der Waals surface area contributed by atoms with Crippen LogP contribution in [0, 0.1) is 26.7 Å². The van der Waals surface area contributed by atoms with Crippen molar-refractivity contribution in [3.05, 3.63) is 106 Å². The third-order valence-electron chi connectivity index (χ3n) is 5.87. The molecule has 1 heterocycles. The van der Waals surface area contributed by atoms with E-state index in [4.69, 9.17) is 9.47 Å². The van der Waals surface area contributed by atoms with Crippen molar-refractivity contribution in [1.82, 2.24) is 4.98 Å². The first kappa shape index (κ1) is 22.5. The fourth-order valence-corrected chi connectivity index (χ4v) is 4.48. The van der Waals surface area contributed by atoms with E-state index in [1.165, 1.54) is 0 Å². The van der Waals surface area contributed by atoms with Gasteiger partial charge in [-0.25, -0.2) is 4.79 Å². The van der Waals surface area contributed by atoms with Crippen LogP contribution in [-0.4, -0.2) is 23.5 Å². The number of aryl methyl sites for hydroxylation is 3. The second-order valence-electron chi connectivity index (χ2n) is 8.42. The molecular weight excluding hydrogens is 414 g/mol. The van der Waals surface area contributed by atoms with Gasteiger partial charge in [0.1, 0.15) is 5.76 Å². The largest absolute Gasteiger partial charge is 0.461 e. The van der Waals surface area contributed by atoms with Crippen molar-refractivity contribution in [1.29, 1.82) is 0 Å². The molecule has 0 N–H and O–H groups in total. The van der Waals surface area contributed by atoms with Gasteiger partial charge in [-0.1, -0.05) is 42.0 Å². The highest BCUT2D eigenvalue weighted by Gasteiger charge is 2.37. The molecule has 0 amide bonds. The van der Waals surface area contributed by atoms with Crippen LogP contribution in [0.4, 0.5) is 0 Å². The van der Waals surface area contributed by atoms with E-state index < -0.39 is 5.97 Å². The molecule has 0 fully saturated rings. The number of rotatable bonds is 7. The number of carbonyl (C=O) groups is 2. The molecular formula is C28H27NO4. The Hall–Kier alpha value is -3.73. The number of pyridine rings is 1. The van der Waals surface area contributed by atoms with Crippen molar-refractivity contribution < 1.29 is 19.1 Å². The summed E-state index contributed by atoms with van der Waals surface area (Å²) in [6.45, 7) is 5.81. The van der Waals surface area contributed by atoms with Crippen LogP contribution in [0.1, 0.15) is 44.7 Å². The van der Waals surface area contributed by atoms with Gasteiger partial charge in [-0.2, -0.15) is 0 Å². The normalized spacial score (nSPS) is 15.6. The summed E-state index contributed by atoms with van der Waals surface area (Å²) in [5, 5.41) is 0. The first-order chi connectivity index (χ1) is 15.9. The highest BCUT2D eigenvalue weighted by atomic mass is 16.7. The number of Topliss-reactive ketones (excluding diaryl/α,β-unsaturated/α-hetero) is 1. The lowest BCUT2D eigenvalue weighted by Crippen LogP contribution is -2.14. The van der Waals surface area contributed by atoms with Crippen LogP contribution in [0.15, 0.2) is 72.6 Å². The second kappa shape index (κ2) is 9.82. The predicted molar refractivity (Wildman–Crippen MR) is 126 cm³/mol. The van der Waals surface area contributed by atoms with Crippen LogP contribution >= 0.6 is 0 Å². The Labute approximate surface area is 194 Å². The van der Waals surface area contributed by atoms with E-state index in [1.54, 1.807) is 30.5 Å². The van der Waals surface area contributed by atoms with E-state index in [0.717, 1.165) is 27.9 Å². The summed E-state index contributed by atoms with van der Waals surface area (Å²) in [4.78, 5) is 30.2. The third-order valence-corrected chi connectivity index (χ3v) is 5.87. The van der Waals surface area contributed by atoms with E-state index in [1.807, 2.05) is 45.0 Å². The smallest absolute Gasteiger partial charge is 0.340 e. The molecule has 1 unspecified atom stereocenters. The maximum atomic E-state index is 13.6. The van der Waals surface area contributed by atoms with E-state index >= 15 is 0 Å². The Kier molecular flexibility index (Phi) is 6.68. The van der Waals surface area contributed by atoms with E-state index in [-0.39, 0.29) is 18.5 Å². The summed E-state index contributed by atoms with van der Waals surface area (Å²) >= 11 is 0. The van der Waals surface area contributed by atoms with Crippen molar-refractivity contribution >= 4 is 17.3 Å². The maximum absolute atomic E-state index is 13.6. The molecule has 2 aromatic carbocycles. The van der Waals surface area contributed by atoms with Gasteiger partial charge in [-0.05, 0) is 61.7 Å². The number of ketones is 1. The van der Waals surface area contributed by atoms with Crippen LogP contribution in [0.2, 0.25) is 0 Å². The highest BCUT2D eigenvalue weighted by molar-refractivity contribution is 6.25. The summed E-state index contributed by atoms with van der Waals surface area (Å²) in [6, 6.07) is 18.6. The lowest BCUT2D eigenvalue weighted by molar-refractivity contribution is -0.116. The zero-order valence-corrected chi connectivity index (χ0v) is 19.1. The van der Waals surface area contributed by atoms with Gasteiger partial charge >= 0.3 is 5.97 Å². The van der Waals surface area contributed by atoms with Gasteiger partial charge in [-0.15, -0.1) is 0 Å². The number of carbonyl (C=O) groups excluding carboxylic acids is 2. The first-order valence-electron chi connectivity index (χ1n) is 11.0. The molecule has 0 saturated heterocycles. The molecule has 5 nitrogen and oxygen atoms in total. The number of hydrogen-bond acceptors (Lipinski definition) is 5. The SMILES string of the molecule is Cc1cc(C)c(C2=C(OCOC(=O)c3ccccc3)CC(Cc3ccccn3)C2=O)c(C)c1. The summed E-state index contributed by atoms with van der Waals surface area (Å²) in [7, 11) is 0. The lowest BCUT2D eigenvalue weighted by Gasteiger charge is -2.15. The quantitative estimate of drug-likeness (QED) is 0.364. The number of hydrogen-bond donors (Lipinski definition) is 0. The van der Waals surface area contributed by atoms with E-state index in [0.29, 0.717) is 29.7 Å². The topological polar surface area (TPSA) is 65.5 Å². The van der Waals surface area contributed by atoms with Crippen molar-refractivity contribution in [2.45, 2.75) is 33.6 Å². The molecule has 1 aliphatic rings. The Morgan fingerprint density at radius 3 is 2.36 bits per heavy atom. The van der Waals surface area contributed by atoms with Crippen molar-refractivity contribution in [2.75, 3.05) is 6.79 Å². The lowest BCUT2D eigenvalue weighted by atomic mass is 9.90. The fourth-order valence-electron chi connectivity index (χ4n) is 4.48. The average Bonchev–Trinajstić information content (AvgIpc) is 3.09. The molecule has 0 spiro atoms. The molecule has 5 heteroatoms. The van der Waals surface area contributed by atoms with Crippen molar-refractivity contribution in [2.24, 2.45) is 5.92 Å². The number of allylic oxidation sites excluding steroid dienone is 2. The minimum atomic E-state index is -0.463. The number of benzene rings is 2. The third kappa shape index (κ3) is 5.03. The van der Waals surface area contributed by atoms with E-state index in [2.05, 4.69) is 17.1 Å². The summed E-state index contributed by atoms with van der Waals surface area (Å²) in [5.41, 5.74) is 6.00. The van der Waals surface area contributed by atoms with Gasteiger partial charge in [0.05, 0.1) is 11.1 Å². The van der Waals surface area contributed by atoms with Crippen LogP contribution in [-0.2, 0) is 20.7 Å². The number of aromatic nitrogens is 1. The second-order valence-corrected chi connectivity index (χ2v) is 8.42. The zero-order chi connectivity index (χ0) is 23.4. The molecule has 0 aliphatic heterocycles. The summed E-state index contributed by atoms with van der Waals surface area (Å²) < 4.78 is 11.3. The molecule has 0 bridgehead atoms. The van der Waals surface area contributed by atoms with Crippen LogP contribution in [0.5, 0.6) is 0 Å². The molecule has 0 radical (unpaired) electrons. The molecule has 3 aromatic rings. The monoisotopic (exact) mass is 441 g/mol.